The lowest BCUT2D eigenvalue weighted by Crippen LogP contribution is -2.41. The van der Waals surface area contributed by atoms with Crippen LogP contribution in [0.4, 0.5) is 11.5 Å². The predicted molar refractivity (Wildman–Crippen MR) is 115 cm³/mol. The minimum absolute atomic E-state index is 0.00208. The summed E-state index contributed by atoms with van der Waals surface area (Å²) in [7, 11) is -3.76. The summed E-state index contributed by atoms with van der Waals surface area (Å²) >= 11 is 0. The molecule has 0 radical (unpaired) electrons. The number of piperidine rings is 1. The number of aromatic nitrogens is 4. The number of anilines is 2. The van der Waals surface area contributed by atoms with E-state index in [1.54, 1.807) is 6.20 Å². The third-order valence-corrected chi connectivity index (χ3v) is 6.20. The lowest BCUT2D eigenvalue weighted by molar-refractivity contribution is -0.120. The average molecular weight is 442 g/mol. The highest BCUT2D eigenvalue weighted by Gasteiger charge is 2.27. The fraction of sp³-hybridized carbons (Fsp3) is 0.300. The Morgan fingerprint density at radius 2 is 1.84 bits per heavy atom. The molecule has 1 aliphatic rings. The second kappa shape index (κ2) is 8.44. The standard InChI is InChI=1S/C20H23N7O3S/c1-14-22-10-12-27(14)19-9-8-18(24-25-19)26-11-2-3-15(13-26)20(28)23-16-4-6-17(7-5-16)31(21,29)30/h4-10,12,15H,2-3,11,13H2,1H3,(H,23,28)(H2,21,29,30). The largest absolute Gasteiger partial charge is 0.354 e. The van der Waals surface area contributed by atoms with Crippen molar-refractivity contribution in [3.8, 4) is 5.82 Å². The molecule has 3 N–H and O–H groups in total. The SMILES string of the molecule is Cc1nccn1-c1ccc(N2CCCC(C(=O)Nc3ccc(S(N)(=O)=O)cc3)C2)nn1. The van der Waals surface area contributed by atoms with Crippen LogP contribution < -0.4 is 15.4 Å². The number of imidazole rings is 1. The zero-order valence-corrected chi connectivity index (χ0v) is 17.8. The van der Waals surface area contributed by atoms with Crippen LogP contribution in [0.2, 0.25) is 0 Å². The van der Waals surface area contributed by atoms with Crippen molar-refractivity contribution in [2.75, 3.05) is 23.3 Å². The molecule has 31 heavy (non-hydrogen) atoms. The summed E-state index contributed by atoms with van der Waals surface area (Å²) in [4.78, 5) is 19.0. The van der Waals surface area contributed by atoms with E-state index in [1.165, 1.54) is 24.3 Å². The van der Waals surface area contributed by atoms with E-state index in [2.05, 4.69) is 25.4 Å². The molecule has 1 aliphatic heterocycles. The molecular weight excluding hydrogens is 418 g/mol. The van der Waals surface area contributed by atoms with Gasteiger partial charge in [0.2, 0.25) is 15.9 Å². The van der Waals surface area contributed by atoms with E-state index in [-0.39, 0.29) is 16.7 Å². The van der Waals surface area contributed by atoms with E-state index >= 15 is 0 Å². The Morgan fingerprint density at radius 1 is 1.13 bits per heavy atom. The molecule has 1 aromatic carbocycles. The molecule has 3 heterocycles. The molecule has 1 atom stereocenters. The van der Waals surface area contributed by atoms with Gasteiger partial charge in [-0.15, -0.1) is 10.2 Å². The molecule has 2 aromatic heterocycles. The Morgan fingerprint density at radius 3 is 2.45 bits per heavy atom. The Bertz CT molecular complexity index is 1170. The Hall–Kier alpha value is -3.31. The second-order valence-electron chi connectivity index (χ2n) is 7.44. The first-order valence-electron chi connectivity index (χ1n) is 9.84. The maximum absolute atomic E-state index is 12.7. The first kappa shape index (κ1) is 20.9. The molecule has 162 valence electrons. The maximum Gasteiger partial charge on any atom is 0.238 e. The molecule has 1 unspecified atom stereocenters. The summed E-state index contributed by atoms with van der Waals surface area (Å²) in [5, 5.41) is 16.6. The molecule has 0 spiro atoms. The number of benzene rings is 1. The van der Waals surface area contributed by atoms with Crippen molar-refractivity contribution in [1.82, 2.24) is 19.7 Å². The van der Waals surface area contributed by atoms with Crippen LogP contribution in [0.3, 0.4) is 0 Å². The van der Waals surface area contributed by atoms with Crippen molar-refractivity contribution in [3.05, 3.63) is 54.6 Å². The molecule has 0 aliphatic carbocycles. The van der Waals surface area contributed by atoms with Gasteiger partial charge in [-0.25, -0.2) is 18.5 Å². The minimum atomic E-state index is -3.76. The maximum atomic E-state index is 12.7. The molecule has 3 aromatic rings. The Kier molecular flexibility index (Phi) is 5.70. The number of nitrogens with two attached hydrogens (primary N) is 1. The third kappa shape index (κ3) is 4.72. The summed E-state index contributed by atoms with van der Waals surface area (Å²) in [5.74, 6) is 1.90. The van der Waals surface area contributed by atoms with Gasteiger partial charge < -0.3 is 10.2 Å². The highest BCUT2D eigenvalue weighted by Crippen LogP contribution is 2.23. The van der Waals surface area contributed by atoms with Gasteiger partial charge in [0.25, 0.3) is 0 Å². The number of hydrogen-bond donors (Lipinski definition) is 2. The molecular formula is C20H23N7O3S. The number of sulfonamides is 1. The average Bonchev–Trinajstić information content (AvgIpc) is 3.19. The van der Waals surface area contributed by atoms with Crippen molar-refractivity contribution >= 4 is 27.4 Å². The van der Waals surface area contributed by atoms with Crippen molar-refractivity contribution in [2.24, 2.45) is 11.1 Å². The summed E-state index contributed by atoms with van der Waals surface area (Å²) in [6, 6.07) is 9.58. The summed E-state index contributed by atoms with van der Waals surface area (Å²) in [5.41, 5.74) is 0.523. The highest BCUT2D eigenvalue weighted by atomic mass is 32.2. The van der Waals surface area contributed by atoms with Gasteiger partial charge in [0.15, 0.2) is 11.6 Å². The Balaban J connectivity index is 1.41. The number of nitrogens with zero attached hydrogens (tertiary/aromatic N) is 5. The number of nitrogens with one attached hydrogen (secondary N) is 1. The predicted octanol–water partition coefficient (Wildman–Crippen LogP) is 1.47. The lowest BCUT2D eigenvalue weighted by Gasteiger charge is -2.32. The number of carbonyl (C=O) groups is 1. The summed E-state index contributed by atoms with van der Waals surface area (Å²) in [6.45, 7) is 3.22. The molecule has 1 fully saturated rings. The molecule has 1 saturated heterocycles. The van der Waals surface area contributed by atoms with Gasteiger partial charge in [0.1, 0.15) is 5.82 Å². The van der Waals surface area contributed by atoms with Gasteiger partial charge in [0.05, 0.1) is 10.8 Å². The van der Waals surface area contributed by atoms with Crippen LogP contribution in [-0.2, 0) is 14.8 Å². The van der Waals surface area contributed by atoms with Gasteiger partial charge in [0, 0.05) is 31.2 Å². The number of rotatable bonds is 5. The highest BCUT2D eigenvalue weighted by molar-refractivity contribution is 7.89. The normalized spacial score (nSPS) is 16.8. The number of amides is 1. The van der Waals surface area contributed by atoms with Crippen molar-refractivity contribution in [1.29, 1.82) is 0 Å². The quantitative estimate of drug-likeness (QED) is 0.612. The zero-order valence-electron chi connectivity index (χ0n) is 17.0. The summed E-state index contributed by atoms with van der Waals surface area (Å²) < 4.78 is 24.6. The number of primary sulfonamides is 1. The molecule has 10 nitrogen and oxygen atoms in total. The molecule has 11 heteroatoms. The van der Waals surface area contributed by atoms with Crippen LogP contribution in [0.25, 0.3) is 5.82 Å². The van der Waals surface area contributed by atoms with Gasteiger partial charge >= 0.3 is 0 Å². The van der Waals surface area contributed by atoms with Crippen LogP contribution >= 0.6 is 0 Å². The van der Waals surface area contributed by atoms with E-state index in [4.69, 9.17) is 5.14 Å². The van der Waals surface area contributed by atoms with Crippen molar-refractivity contribution in [3.63, 3.8) is 0 Å². The number of carbonyl (C=O) groups excluding carboxylic acids is 1. The van der Waals surface area contributed by atoms with Gasteiger partial charge in [-0.2, -0.15) is 0 Å². The van der Waals surface area contributed by atoms with Crippen molar-refractivity contribution < 1.29 is 13.2 Å². The molecule has 0 saturated carbocycles. The van der Waals surface area contributed by atoms with Crippen LogP contribution in [-0.4, -0.2) is 47.2 Å². The smallest absolute Gasteiger partial charge is 0.238 e. The topological polar surface area (TPSA) is 136 Å². The summed E-state index contributed by atoms with van der Waals surface area (Å²) in [6.07, 6.45) is 5.15. The van der Waals surface area contributed by atoms with E-state index in [0.717, 1.165) is 31.0 Å². The van der Waals surface area contributed by atoms with Crippen LogP contribution in [0.5, 0.6) is 0 Å². The first-order chi connectivity index (χ1) is 14.8. The van der Waals surface area contributed by atoms with Gasteiger partial charge in [-0.05, 0) is 56.2 Å². The zero-order chi connectivity index (χ0) is 22.0. The van der Waals surface area contributed by atoms with E-state index in [9.17, 15) is 13.2 Å². The Labute approximate surface area is 180 Å². The number of hydrogen-bond acceptors (Lipinski definition) is 7. The van der Waals surface area contributed by atoms with E-state index in [0.29, 0.717) is 18.1 Å². The van der Waals surface area contributed by atoms with Gasteiger partial charge in [-0.1, -0.05) is 0 Å². The lowest BCUT2D eigenvalue weighted by atomic mass is 9.97. The van der Waals surface area contributed by atoms with Gasteiger partial charge in [-0.3, -0.25) is 9.36 Å². The molecule has 4 rings (SSSR count). The van der Waals surface area contributed by atoms with Crippen LogP contribution in [0.15, 0.2) is 53.7 Å². The number of aryl methyl sites for hydroxylation is 1. The third-order valence-electron chi connectivity index (χ3n) is 5.28. The van der Waals surface area contributed by atoms with E-state index < -0.39 is 10.0 Å². The molecule has 1 amide bonds. The van der Waals surface area contributed by atoms with Crippen LogP contribution in [0, 0.1) is 12.8 Å². The van der Waals surface area contributed by atoms with Crippen LogP contribution in [0.1, 0.15) is 18.7 Å². The van der Waals surface area contributed by atoms with Crippen molar-refractivity contribution in [2.45, 2.75) is 24.7 Å². The molecule has 0 bridgehead atoms. The fourth-order valence-electron chi connectivity index (χ4n) is 3.61. The first-order valence-corrected chi connectivity index (χ1v) is 11.4. The fourth-order valence-corrected chi connectivity index (χ4v) is 4.12. The van der Waals surface area contributed by atoms with E-state index in [1.807, 2.05) is 29.8 Å². The minimum Gasteiger partial charge on any atom is -0.354 e. The second-order valence-corrected chi connectivity index (χ2v) is 9.00. The monoisotopic (exact) mass is 441 g/mol.